The third-order valence-corrected chi connectivity index (χ3v) is 6.71. The molecule has 2 amide bonds. The smallest absolute Gasteiger partial charge is 0.421 e. The lowest BCUT2D eigenvalue weighted by molar-refractivity contribution is -0.144. The Kier molecular flexibility index (Phi) is 6.77. The summed E-state index contributed by atoms with van der Waals surface area (Å²) in [6.45, 7) is -0.000601. The Morgan fingerprint density at radius 2 is 1.68 bits per heavy atom. The molecule has 5 rings (SSSR count). The van der Waals surface area contributed by atoms with E-state index in [1.807, 2.05) is 36.4 Å². The number of isothiocyanates is 1. The number of hydrogen-bond acceptors (Lipinski definition) is 7. The first kappa shape index (κ1) is 24.3. The van der Waals surface area contributed by atoms with Crippen molar-refractivity contribution < 1.29 is 23.9 Å². The van der Waals surface area contributed by atoms with Crippen LogP contribution in [-0.2, 0) is 26.3 Å². The zero-order valence-electron chi connectivity index (χ0n) is 19.7. The van der Waals surface area contributed by atoms with Crippen LogP contribution in [0.1, 0.15) is 17.5 Å². The fourth-order valence-electron chi connectivity index (χ4n) is 4.90. The molecule has 1 spiro atoms. The third-order valence-electron chi connectivity index (χ3n) is 6.61. The maximum absolute atomic E-state index is 14.1. The van der Waals surface area contributed by atoms with Crippen LogP contribution in [0.4, 0.5) is 10.5 Å². The largest absolute Gasteiger partial charge is 0.444 e. The molecule has 0 N–H and O–H groups in total. The SMILES string of the molecule is O=C(Oc1ccccc1)[C@@H]1C[C@@H](N=C=S)C=C[C@@]12C(=O)N(C(=O)OCc1ccccc1)c1ccccc12. The first-order valence-corrected chi connectivity index (χ1v) is 12.1. The highest BCUT2D eigenvalue weighted by atomic mass is 32.1. The van der Waals surface area contributed by atoms with Gasteiger partial charge in [0.2, 0.25) is 0 Å². The number of para-hydroxylation sites is 2. The van der Waals surface area contributed by atoms with Crippen LogP contribution in [0.3, 0.4) is 0 Å². The average molecular weight is 511 g/mol. The van der Waals surface area contributed by atoms with Crippen molar-refractivity contribution >= 4 is 41.0 Å². The number of nitrogens with zero attached hydrogens (tertiary/aromatic N) is 2. The Bertz CT molecular complexity index is 1420. The van der Waals surface area contributed by atoms with E-state index < -0.39 is 35.3 Å². The molecule has 0 fully saturated rings. The number of hydrogen-bond donors (Lipinski definition) is 0. The number of aliphatic imine (C=N–C) groups is 1. The highest BCUT2D eigenvalue weighted by Crippen LogP contribution is 2.51. The molecule has 0 saturated heterocycles. The summed E-state index contributed by atoms with van der Waals surface area (Å²) in [6, 6.07) is 24.3. The molecule has 0 radical (unpaired) electrons. The Morgan fingerprint density at radius 1 is 1.00 bits per heavy atom. The molecule has 0 bridgehead atoms. The molecular formula is C29H22N2O5S. The minimum Gasteiger partial charge on any atom is -0.444 e. The molecule has 3 aromatic carbocycles. The summed E-state index contributed by atoms with van der Waals surface area (Å²) < 4.78 is 11.2. The number of rotatable bonds is 5. The molecule has 7 nitrogen and oxygen atoms in total. The molecule has 8 heteroatoms. The van der Waals surface area contributed by atoms with Crippen molar-refractivity contribution in [2.24, 2.45) is 10.9 Å². The monoisotopic (exact) mass is 510 g/mol. The molecule has 1 aliphatic carbocycles. The second kappa shape index (κ2) is 10.3. The van der Waals surface area contributed by atoms with Crippen molar-refractivity contribution in [2.45, 2.75) is 24.5 Å². The van der Waals surface area contributed by atoms with E-state index in [1.165, 1.54) is 0 Å². The van der Waals surface area contributed by atoms with E-state index >= 15 is 0 Å². The van der Waals surface area contributed by atoms with Crippen LogP contribution >= 0.6 is 12.2 Å². The number of amides is 2. The van der Waals surface area contributed by atoms with Crippen molar-refractivity contribution in [2.75, 3.05) is 4.90 Å². The van der Waals surface area contributed by atoms with Crippen LogP contribution in [0.25, 0.3) is 0 Å². The number of carbonyl (C=O) groups excluding carboxylic acids is 3. The second-order valence-electron chi connectivity index (χ2n) is 8.74. The number of imide groups is 1. The van der Waals surface area contributed by atoms with Gasteiger partial charge in [-0.25, -0.2) is 14.7 Å². The lowest BCUT2D eigenvalue weighted by Crippen LogP contribution is -2.52. The second-order valence-corrected chi connectivity index (χ2v) is 8.92. The van der Waals surface area contributed by atoms with Gasteiger partial charge < -0.3 is 9.47 Å². The standard InChI is InChI=1S/C29H22N2O5S/c32-26(36-22-11-5-2-6-12-22)24-17-21(30-19-37)15-16-29(24)23-13-7-8-14-25(23)31(27(29)33)28(34)35-18-20-9-3-1-4-10-20/h1-16,21,24H,17-18H2/t21-,24-,29-/m0/s1. The predicted molar refractivity (Wildman–Crippen MR) is 140 cm³/mol. The van der Waals surface area contributed by atoms with E-state index in [1.54, 1.807) is 60.7 Å². The van der Waals surface area contributed by atoms with Crippen LogP contribution in [0.5, 0.6) is 5.75 Å². The van der Waals surface area contributed by atoms with Gasteiger partial charge in [-0.1, -0.05) is 78.9 Å². The molecule has 0 unspecified atom stereocenters. The number of esters is 1. The quantitative estimate of drug-likeness (QED) is 0.153. The predicted octanol–water partition coefficient (Wildman–Crippen LogP) is 5.26. The Morgan fingerprint density at radius 3 is 2.41 bits per heavy atom. The number of carbonyl (C=O) groups is 3. The van der Waals surface area contributed by atoms with Crippen LogP contribution in [0, 0.1) is 5.92 Å². The van der Waals surface area contributed by atoms with Crippen LogP contribution in [0.2, 0.25) is 0 Å². The highest BCUT2D eigenvalue weighted by Gasteiger charge is 2.60. The fraction of sp³-hybridized carbons (Fsp3) is 0.172. The van der Waals surface area contributed by atoms with Gasteiger partial charge in [-0.15, -0.1) is 0 Å². The van der Waals surface area contributed by atoms with Gasteiger partial charge in [0.05, 0.1) is 22.8 Å². The molecule has 184 valence electrons. The van der Waals surface area contributed by atoms with E-state index in [0.717, 1.165) is 10.5 Å². The van der Waals surface area contributed by atoms with E-state index in [0.29, 0.717) is 17.0 Å². The lowest BCUT2D eigenvalue weighted by Gasteiger charge is -2.36. The fourth-order valence-corrected chi connectivity index (χ4v) is 5.03. The van der Waals surface area contributed by atoms with Gasteiger partial charge in [0.1, 0.15) is 17.8 Å². The summed E-state index contributed by atoms with van der Waals surface area (Å²) in [6.07, 6.45) is 2.69. The lowest BCUT2D eigenvalue weighted by atomic mass is 9.65. The molecule has 3 aromatic rings. The van der Waals surface area contributed by atoms with Crippen molar-refractivity contribution in [1.82, 2.24) is 0 Å². The molecular weight excluding hydrogens is 488 g/mol. The molecule has 0 aromatic heterocycles. The summed E-state index contributed by atoms with van der Waals surface area (Å²) in [5, 5.41) is 2.35. The zero-order chi connectivity index (χ0) is 25.8. The van der Waals surface area contributed by atoms with Crippen molar-refractivity contribution in [3.05, 3.63) is 108 Å². The highest BCUT2D eigenvalue weighted by molar-refractivity contribution is 7.78. The van der Waals surface area contributed by atoms with Gasteiger partial charge >= 0.3 is 12.1 Å². The molecule has 1 heterocycles. The van der Waals surface area contributed by atoms with E-state index in [2.05, 4.69) is 10.2 Å². The summed E-state index contributed by atoms with van der Waals surface area (Å²) in [5.74, 6) is -1.81. The van der Waals surface area contributed by atoms with Gasteiger partial charge in [0.25, 0.3) is 5.91 Å². The van der Waals surface area contributed by atoms with Gasteiger partial charge in [-0.2, -0.15) is 0 Å². The normalized spacial score (nSPS) is 21.7. The average Bonchev–Trinajstić information content (AvgIpc) is 3.17. The maximum atomic E-state index is 14.1. The van der Waals surface area contributed by atoms with Gasteiger partial charge in [-0.05, 0) is 48.0 Å². The molecule has 0 saturated carbocycles. The van der Waals surface area contributed by atoms with Crippen LogP contribution in [-0.4, -0.2) is 29.2 Å². The molecule has 3 atom stereocenters. The van der Waals surface area contributed by atoms with E-state index in [4.69, 9.17) is 21.7 Å². The first-order chi connectivity index (χ1) is 18.0. The number of anilines is 1. The topological polar surface area (TPSA) is 85.3 Å². The third kappa shape index (κ3) is 4.48. The zero-order valence-corrected chi connectivity index (χ0v) is 20.5. The van der Waals surface area contributed by atoms with E-state index in [9.17, 15) is 14.4 Å². The van der Waals surface area contributed by atoms with Crippen molar-refractivity contribution in [1.29, 1.82) is 0 Å². The number of ether oxygens (including phenoxy) is 2. The van der Waals surface area contributed by atoms with Crippen molar-refractivity contribution in [3.63, 3.8) is 0 Å². The molecule has 2 aliphatic rings. The Balaban J connectivity index is 1.53. The maximum Gasteiger partial charge on any atom is 0.421 e. The van der Waals surface area contributed by atoms with Gasteiger partial charge in [0, 0.05) is 0 Å². The number of benzene rings is 3. The van der Waals surface area contributed by atoms with Crippen LogP contribution < -0.4 is 9.64 Å². The Hall–Kier alpha value is -4.39. The first-order valence-electron chi connectivity index (χ1n) is 11.7. The van der Waals surface area contributed by atoms with Crippen LogP contribution in [0.15, 0.2) is 102 Å². The minimum atomic E-state index is -1.47. The minimum absolute atomic E-state index is 0.000601. The summed E-state index contributed by atoms with van der Waals surface area (Å²) in [4.78, 5) is 46.1. The summed E-state index contributed by atoms with van der Waals surface area (Å²) >= 11 is 4.77. The molecule has 37 heavy (non-hydrogen) atoms. The van der Waals surface area contributed by atoms with Gasteiger partial charge in [-0.3, -0.25) is 9.59 Å². The van der Waals surface area contributed by atoms with E-state index in [-0.39, 0.29) is 13.0 Å². The number of thiocarbonyl (C=S) groups is 1. The van der Waals surface area contributed by atoms with Crippen molar-refractivity contribution in [3.8, 4) is 5.75 Å². The Labute approximate surface area is 219 Å². The van der Waals surface area contributed by atoms with Gasteiger partial charge in [0.15, 0.2) is 0 Å². The summed E-state index contributed by atoms with van der Waals surface area (Å²) in [5.41, 5.74) is 0.201. The molecule has 1 aliphatic heterocycles. The summed E-state index contributed by atoms with van der Waals surface area (Å²) in [7, 11) is 0. The number of fused-ring (bicyclic) bond motifs is 2.